The van der Waals surface area contributed by atoms with Crippen LogP contribution in [-0.2, 0) is 16.0 Å². The lowest BCUT2D eigenvalue weighted by Gasteiger charge is -2.33. The van der Waals surface area contributed by atoms with Crippen molar-refractivity contribution in [2.24, 2.45) is 0 Å². The number of hydrogen-bond acceptors (Lipinski definition) is 3. The Balaban J connectivity index is 1.35. The molecule has 1 fully saturated rings. The van der Waals surface area contributed by atoms with E-state index >= 15 is 0 Å². The molecule has 1 heterocycles. The van der Waals surface area contributed by atoms with E-state index in [0.717, 1.165) is 18.4 Å². The monoisotopic (exact) mass is 385 g/mol. The second-order valence-electron chi connectivity index (χ2n) is 7.14. The van der Waals surface area contributed by atoms with E-state index in [0.29, 0.717) is 30.7 Å². The molecule has 0 bridgehead atoms. The number of aryl methyl sites for hydroxylation is 1. The van der Waals surface area contributed by atoms with Crippen LogP contribution in [0.4, 0.5) is 4.39 Å². The van der Waals surface area contributed by atoms with Gasteiger partial charge in [-0.2, -0.15) is 0 Å². The molecule has 3 nitrogen and oxygen atoms in total. The molecule has 1 amide bonds. The van der Waals surface area contributed by atoms with Gasteiger partial charge >= 0.3 is 0 Å². The van der Waals surface area contributed by atoms with Gasteiger partial charge in [0.25, 0.3) is 0 Å². The molecule has 2 aromatic rings. The largest absolute Gasteiger partial charge is 0.370 e. The van der Waals surface area contributed by atoms with Crippen molar-refractivity contribution in [3.05, 3.63) is 71.0 Å². The number of thioether (sulfide) groups is 1. The van der Waals surface area contributed by atoms with Gasteiger partial charge in [0.1, 0.15) is 11.9 Å². The zero-order valence-electron chi connectivity index (χ0n) is 15.3. The second kappa shape index (κ2) is 8.44. The van der Waals surface area contributed by atoms with Crippen LogP contribution in [0.5, 0.6) is 0 Å². The van der Waals surface area contributed by atoms with Gasteiger partial charge in [-0.05, 0) is 48.1 Å². The molecule has 0 radical (unpaired) electrons. The number of morpholine rings is 1. The van der Waals surface area contributed by atoms with E-state index < -0.39 is 0 Å². The number of fused-ring (bicyclic) bond motifs is 1. The third-order valence-corrected chi connectivity index (χ3v) is 6.69. The number of ether oxygens (including phenoxy) is 1. The molecule has 0 aromatic heterocycles. The van der Waals surface area contributed by atoms with E-state index in [2.05, 4.69) is 24.3 Å². The van der Waals surface area contributed by atoms with Gasteiger partial charge in [0.2, 0.25) is 5.91 Å². The van der Waals surface area contributed by atoms with Crippen molar-refractivity contribution in [3.8, 4) is 0 Å². The number of rotatable bonds is 4. The highest BCUT2D eigenvalue weighted by Crippen LogP contribution is 2.39. The van der Waals surface area contributed by atoms with Gasteiger partial charge in [0.05, 0.1) is 18.9 Å². The third-order valence-electron chi connectivity index (χ3n) is 5.38. The van der Waals surface area contributed by atoms with Gasteiger partial charge in [-0.1, -0.05) is 36.4 Å². The first-order valence-electron chi connectivity index (χ1n) is 9.55. The highest BCUT2D eigenvalue weighted by molar-refractivity contribution is 8.00. The topological polar surface area (TPSA) is 29.5 Å². The summed E-state index contributed by atoms with van der Waals surface area (Å²) < 4.78 is 18.9. The van der Waals surface area contributed by atoms with E-state index in [4.69, 9.17) is 4.74 Å². The van der Waals surface area contributed by atoms with Crippen LogP contribution in [0.1, 0.15) is 40.9 Å². The molecule has 2 atom stereocenters. The molecule has 1 aliphatic heterocycles. The van der Waals surface area contributed by atoms with Crippen LogP contribution < -0.4 is 0 Å². The molecule has 2 aliphatic rings. The normalized spacial score (nSPS) is 22.3. The van der Waals surface area contributed by atoms with Crippen molar-refractivity contribution in [1.82, 2.24) is 4.90 Å². The molecule has 5 heteroatoms. The van der Waals surface area contributed by atoms with Crippen LogP contribution in [0.25, 0.3) is 0 Å². The van der Waals surface area contributed by atoms with E-state index in [-0.39, 0.29) is 17.8 Å². The minimum atomic E-state index is -0.258. The Hall–Kier alpha value is -1.85. The Bertz CT molecular complexity index is 795. The Labute approximate surface area is 163 Å². The van der Waals surface area contributed by atoms with Gasteiger partial charge in [-0.25, -0.2) is 4.39 Å². The number of carbonyl (C=O) groups is 1. The van der Waals surface area contributed by atoms with E-state index in [9.17, 15) is 9.18 Å². The fourth-order valence-electron chi connectivity index (χ4n) is 3.90. The standard InChI is InChI=1S/C22H24FNO2S/c23-18-10-8-17(9-11-18)20-14-24(12-13-26-20)22(25)15-27-21-7-3-5-16-4-1-2-6-19(16)21/h1-2,4,6,8-11,20-21H,3,5,7,12-15H2. The Morgan fingerprint density at radius 1 is 1.19 bits per heavy atom. The average Bonchev–Trinajstić information content (AvgIpc) is 2.72. The third kappa shape index (κ3) is 4.36. The SMILES string of the molecule is O=C(CSC1CCCc2ccccc21)N1CCOC(c2ccc(F)cc2)C1. The molecular formula is C22H24FNO2S. The maximum absolute atomic E-state index is 13.1. The van der Waals surface area contributed by atoms with Crippen LogP contribution in [0, 0.1) is 5.82 Å². The molecule has 142 valence electrons. The van der Waals surface area contributed by atoms with Crippen molar-refractivity contribution in [3.63, 3.8) is 0 Å². The van der Waals surface area contributed by atoms with Crippen molar-refractivity contribution in [1.29, 1.82) is 0 Å². The van der Waals surface area contributed by atoms with Crippen LogP contribution in [0.2, 0.25) is 0 Å². The first-order valence-corrected chi connectivity index (χ1v) is 10.6. The average molecular weight is 386 g/mol. The Kier molecular flexibility index (Phi) is 5.79. The fraction of sp³-hybridized carbons (Fsp3) is 0.409. The van der Waals surface area contributed by atoms with Crippen LogP contribution >= 0.6 is 11.8 Å². The van der Waals surface area contributed by atoms with Gasteiger partial charge in [-0.3, -0.25) is 4.79 Å². The van der Waals surface area contributed by atoms with Gasteiger partial charge in [0.15, 0.2) is 0 Å². The Morgan fingerprint density at radius 3 is 2.85 bits per heavy atom. The first-order chi connectivity index (χ1) is 13.2. The zero-order chi connectivity index (χ0) is 18.6. The van der Waals surface area contributed by atoms with E-state index in [1.54, 1.807) is 23.9 Å². The molecule has 0 spiro atoms. The van der Waals surface area contributed by atoms with Gasteiger partial charge < -0.3 is 9.64 Å². The highest BCUT2D eigenvalue weighted by atomic mass is 32.2. The molecule has 4 rings (SSSR count). The van der Waals surface area contributed by atoms with Crippen molar-refractivity contribution < 1.29 is 13.9 Å². The predicted molar refractivity (Wildman–Crippen MR) is 106 cm³/mol. The first kappa shape index (κ1) is 18.5. The molecular weight excluding hydrogens is 361 g/mol. The summed E-state index contributed by atoms with van der Waals surface area (Å²) in [6, 6.07) is 15.0. The molecule has 27 heavy (non-hydrogen) atoms. The second-order valence-corrected chi connectivity index (χ2v) is 8.33. The number of nitrogens with zero attached hydrogens (tertiary/aromatic N) is 1. The van der Waals surface area contributed by atoms with Crippen LogP contribution in [-0.4, -0.2) is 36.3 Å². The maximum atomic E-state index is 13.1. The molecule has 2 aromatic carbocycles. The lowest BCUT2D eigenvalue weighted by molar-refractivity contribution is -0.136. The number of halogens is 1. The predicted octanol–water partition coefficient (Wildman–Crippen LogP) is 4.54. The molecule has 1 aliphatic carbocycles. The molecule has 1 saturated heterocycles. The fourth-order valence-corrected chi connectivity index (χ4v) is 5.17. The zero-order valence-corrected chi connectivity index (χ0v) is 16.1. The van der Waals surface area contributed by atoms with Crippen molar-refractivity contribution >= 4 is 17.7 Å². The minimum Gasteiger partial charge on any atom is -0.370 e. The van der Waals surface area contributed by atoms with Crippen LogP contribution in [0.3, 0.4) is 0 Å². The summed E-state index contributed by atoms with van der Waals surface area (Å²) in [6.07, 6.45) is 3.29. The quantitative estimate of drug-likeness (QED) is 0.774. The van der Waals surface area contributed by atoms with Crippen molar-refractivity contribution in [2.75, 3.05) is 25.4 Å². The van der Waals surface area contributed by atoms with Crippen LogP contribution in [0.15, 0.2) is 48.5 Å². The summed E-state index contributed by atoms with van der Waals surface area (Å²) in [5, 5.41) is 0.410. The van der Waals surface area contributed by atoms with Crippen molar-refractivity contribution in [2.45, 2.75) is 30.6 Å². The lowest BCUT2D eigenvalue weighted by atomic mass is 9.91. The lowest BCUT2D eigenvalue weighted by Crippen LogP contribution is -2.43. The summed E-state index contributed by atoms with van der Waals surface area (Å²) in [7, 11) is 0. The maximum Gasteiger partial charge on any atom is 0.232 e. The highest BCUT2D eigenvalue weighted by Gasteiger charge is 2.27. The number of hydrogen-bond donors (Lipinski definition) is 0. The summed E-state index contributed by atoms with van der Waals surface area (Å²) in [6.45, 7) is 1.68. The van der Waals surface area contributed by atoms with E-state index in [1.165, 1.54) is 29.7 Å². The van der Waals surface area contributed by atoms with E-state index in [1.807, 2.05) is 4.90 Å². The number of carbonyl (C=O) groups excluding carboxylic acids is 1. The molecule has 0 saturated carbocycles. The summed E-state index contributed by atoms with van der Waals surface area (Å²) in [5.41, 5.74) is 3.74. The summed E-state index contributed by atoms with van der Waals surface area (Å²) in [5.74, 6) is 0.403. The minimum absolute atomic E-state index is 0.165. The summed E-state index contributed by atoms with van der Waals surface area (Å²) >= 11 is 1.76. The number of amides is 1. The molecule has 2 unspecified atom stereocenters. The van der Waals surface area contributed by atoms with Gasteiger partial charge in [-0.15, -0.1) is 11.8 Å². The Morgan fingerprint density at radius 2 is 2.00 bits per heavy atom. The number of benzene rings is 2. The van der Waals surface area contributed by atoms with Gasteiger partial charge in [0, 0.05) is 11.8 Å². The smallest absolute Gasteiger partial charge is 0.232 e. The summed E-state index contributed by atoms with van der Waals surface area (Å²) in [4.78, 5) is 14.7. The molecule has 0 N–H and O–H groups in total.